The highest BCUT2D eigenvalue weighted by Crippen LogP contribution is 2.23. The molecule has 1 heterocycles. The summed E-state index contributed by atoms with van der Waals surface area (Å²) < 4.78 is 2.79. The number of aryl methyl sites for hydroxylation is 1. The molecule has 2 rings (SSSR count). The largest absolute Gasteiger partial charge is 0.399 e. The molecule has 0 fully saturated rings. The second kappa shape index (κ2) is 4.14. The maximum absolute atomic E-state index is 11.3. The van der Waals surface area contributed by atoms with Crippen molar-refractivity contribution in [2.24, 2.45) is 0 Å². The van der Waals surface area contributed by atoms with Gasteiger partial charge in [-0.25, -0.2) is 0 Å². The monoisotopic (exact) mass is 278 g/mol. The molecule has 0 saturated heterocycles. The van der Waals surface area contributed by atoms with Gasteiger partial charge in [-0.3, -0.25) is 4.79 Å². The smallest absolute Gasteiger partial charge is 0.184 e. The zero-order chi connectivity index (χ0) is 11.7. The lowest BCUT2D eigenvalue weighted by atomic mass is 10.2. The Morgan fingerprint density at radius 2 is 2.06 bits per heavy atom. The van der Waals surface area contributed by atoms with Gasteiger partial charge in [0.15, 0.2) is 5.43 Å². The molecule has 0 aliphatic rings. The Balaban J connectivity index is 2.59. The van der Waals surface area contributed by atoms with E-state index in [9.17, 15) is 4.79 Å². The van der Waals surface area contributed by atoms with Crippen LogP contribution >= 0.6 is 15.9 Å². The van der Waals surface area contributed by atoms with E-state index in [-0.39, 0.29) is 5.43 Å². The molecule has 0 aliphatic heterocycles. The second-order valence-electron chi connectivity index (χ2n) is 3.61. The number of hydrogen-bond acceptors (Lipinski definition) is 2. The summed E-state index contributed by atoms with van der Waals surface area (Å²) in [5.41, 5.74) is 8.09. The van der Waals surface area contributed by atoms with Crippen molar-refractivity contribution in [2.75, 3.05) is 5.73 Å². The van der Waals surface area contributed by atoms with Gasteiger partial charge in [0.1, 0.15) is 0 Å². The molecular formula is C12H11BrN2O. The van der Waals surface area contributed by atoms with Crippen LogP contribution in [0.25, 0.3) is 5.69 Å². The first-order valence-corrected chi connectivity index (χ1v) is 5.61. The maximum Gasteiger partial charge on any atom is 0.184 e. The third-order valence-electron chi connectivity index (χ3n) is 2.36. The number of anilines is 1. The predicted molar refractivity (Wildman–Crippen MR) is 68.9 cm³/mol. The fourth-order valence-corrected chi connectivity index (χ4v) is 2.08. The van der Waals surface area contributed by atoms with Gasteiger partial charge in [-0.15, -0.1) is 0 Å². The van der Waals surface area contributed by atoms with Crippen LogP contribution in [0.5, 0.6) is 0 Å². The van der Waals surface area contributed by atoms with E-state index in [0.717, 1.165) is 10.2 Å². The topological polar surface area (TPSA) is 48.0 Å². The molecule has 4 heteroatoms. The minimum Gasteiger partial charge on any atom is -0.399 e. The fraction of sp³-hybridized carbons (Fsp3) is 0.0833. The van der Waals surface area contributed by atoms with Crippen LogP contribution in [0.1, 0.15) is 5.56 Å². The number of aromatic nitrogens is 1. The van der Waals surface area contributed by atoms with Crippen LogP contribution < -0.4 is 11.2 Å². The quantitative estimate of drug-likeness (QED) is 0.815. The van der Waals surface area contributed by atoms with Crippen molar-refractivity contribution in [3.8, 4) is 5.69 Å². The van der Waals surface area contributed by atoms with E-state index in [0.29, 0.717) is 11.3 Å². The Kier molecular flexibility index (Phi) is 2.83. The van der Waals surface area contributed by atoms with Gasteiger partial charge >= 0.3 is 0 Å². The maximum atomic E-state index is 11.3. The zero-order valence-corrected chi connectivity index (χ0v) is 10.4. The van der Waals surface area contributed by atoms with Crippen molar-refractivity contribution < 1.29 is 0 Å². The molecule has 0 atom stereocenters. The van der Waals surface area contributed by atoms with Crippen LogP contribution in [0, 0.1) is 6.92 Å². The van der Waals surface area contributed by atoms with Crippen molar-refractivity contribution in [3.05, 3.63) is 56.9 Å². The summed E-state index contributed by atoms with van der Waals surface area (Å²) in [4.78, 5) is 11.3. The van der Waals surface area contributed by atoms with E-state index in [4.69, 9.17) is 5.73 Å². The summed E-state index contributed by atoms with van der Waals surface area (Å²) in [7, 11) is 0. The highest BCUT2D eigenvalue weighted by atomic mass is 79.9. The molecule has 2 N–H and O–H groups in total. The number of halogens is 1. The van der Waals surface area contributed by atoms with E-state index in [1.54, 1.807) is 25.4 Å². The molecule has 16 heavy (non-hydrogen) atoms. The van der Waals surface area contributed by atoms with E-state index >= 15 is 0 Å². The molecule has 0 amide bonds. The summed E-state index contributed by atoms with van der Waals surface area (Å²) in [5.74, 6) is 0. The standard InChI is InChI=1S/C12H11BrN2O/c1-8-7-15(5-4-12(8)16)11-3-2-9(14)6-10(11)13/h2-7H,14H2,1H3. The minimum absolute atomic E-state index is 0.0443. The number of nitrogens with two attached hydrogens (primary N) is 1. The molecule has 0 unspecified atom stereocenters. The summed E-state index contributed by atoms with van der Waals surface area (Å²) in [6.07, 6.45) is 3.55. The van der Waals surface area contributed by atoms with Crippen molar-refractivity contribution in [2.45, 2.75) is 6.92 Å². The van der Waals surface area contributed by atoms with Crippen molar-refractivity contribution in [1.82, 2.24) is 4.57 Å². The zero-order valence-electron chi connectivity index (χ0n) is 8.77. The number of rotatable bonds is 1. The first-order valence-electron chi connectivity index (χ1n) is 4.82. The van der Waals surface area contributed by atoms with Gasteiger partial charge in [-0.05, 0) is 41.1 Å². The van der Waals surface area contributed by atoms with Crippen LogP contribution in [-0.4, -0.2) is 4.57 Å². The van der Waals surface area contributed by atoms with Gasteiger partial charge < -0.3 is 10.3 Å². The highest BCUT2D eigenvalue weighted by Gasteiger charge is 2.02. The van der Waals surface area contributed by atoms with Crippen LogP contribution in [0.4, 0.5) is 5.69 Å². The molecule has 0 radical (unpaired) electrons. The van der Waals surface area contributed by atoms with Gasteiger partial charge in [0.05, 0.1) is 5.69 Å². The number of nitrogen functional groups attached to an aromatic ring is 1. The molecule has 0 saturated carbocycles. The molecule has 0 bridgehead atoms. The van der Waals surface area contributed by atoms with Gasteiger partial charge in [0, 0.05) is 34.2 Å². The van der Waals surface area contributed by atoms with E-state index in [1.165, 1.54) is 0 Å². The van der Waals surface area contributed by atoms with Crippen LogP contribution in [0.3, 0.4) is 0 Å². The van der Waals surface area contributed by atoms with E-state index in [1.807, 2.05) is 22.8 Å². The average Bonchev–Trinajstić information content (AvgIpc) is 2.22. The van der Waals surface area contributed by atoms with Crippen LogP contribution in [-0.2, 0) is 0 Å². The normalized spacial score (nSPS) is 10.4. The predicted octanol–water partition coefficient (Wildman–Crippen LogP) is 2.49. The first-order chi connectivity index (χ1) is 7.58. The SMILES string of the molecule is Cc1cn(-c2ccc(N)cc2Br)ccc1=O. The lowest BCUT2D eigenvalue weighted by Gasteiger charge is -2.09. The van der Waals surface area contributed by atoms with Crippen molar-refractivity contribution >= 4 is 21.6 Å². The summed E-state index contributed by atoms with van der Waals surface area (Å²) in [6.45, 7) is 1.80. The first kappa shape index (κ1) is 11.0. The Hall–Kier alpha value is -1.55. The van der Waals surface area contributed by atoms with E-state index in [2.05, 4.69) is 15.9 Å². The Morgan fingerprint density at radius 3 is 2.69 bits per heavy atom. The third-order valence-corrected chi connectivity index (χ3v) is 2.99. The second-order valence-corrected chi connectivity index (χ2v) is 4.46. The Bertz CT molecular complexity index is 590. The van der Waals surface area contributed by atoms with Gasteiger partial charge in [-0.2, -0.15) is 0 Å². The molecule has 3 nitrogen and oxygen atoms in total. The number of pyridine rings is 1. The summed E-state index contributed by atoms with van der Waals surface area (Å²) in [5, 5.41) is 0. The number of benzene rings is 1. The van der Waals surface area contributed by atoms with Gasteiger partial charge in [0.25, 0.3) is 0 Å². The average molecular weight is 279 g/mol. The highest BCUT2D eigenvalue weighted by molar-refractivity contribution is 9.10. The molecule has 1 aromatic carbocycles. The Morgan fingerprint density at radius 1 is 1.31 bits per heavy atom. The van der Waals surface area contributed by atoms with Crippen molar-refractivity contribution in [3.63, 3.8) is 0 Å². The van der Waals surface area contributed by atoms with Gasteiger partial charge in [-0.1, -0.05) is 0 Å². The molecule has 2 aromatic rings. The van der Waals surface area contributed by atoms with Crippen LogP contribution in [0.2, 0.25) is 0 Å². The van der Waals surface area contributed by atoms with Crippen molar-refractivity contribution in [1.29, 1.82) is 0 Å². The number of nitrogens with zero attached hydrogens (tertiary/aromatic N) is 1. The lowest BCUT2D eigenvalue weighted by Crippen LogP contribution is -2.07. The lowest BCUT2D eigenvalue weighted by molar-refractivity contribution is 1.01. The number of hydrogen-bond donors (Lipinski definition) is 1. The third kappa shape index (κ3) is 2.02. The fourth-order valence-electron chi connectivity index (χ4n) is 1.48. The molecule has 1 aromatic heterocycles. The molecular weight excluding hydrogens is 268 g/mol. The summed E-state index contributed by atoms with van der Waals surface area (Å²) in [6, 6.07) is 7.12. The molecule has 0 aliphatic carbocycles. The van der Waals surface area contributed by atoms with Crippen LogP contribution in [0.15, 0.2) is 45.9 Å². The molecule has 82 valence electrons. The summed E-state index contributed by atoms with van der Waals surface area (Å²) >= 11 is 3.45. The Labute approximate surface area is 102 Å². The van der Waals surface area contributed by atoms with Gasteiger partial charge in [0.2, 0.25) is 0 Å². The minimum atomic E-state index is 0.0443. The van der Waals surface area contributed by atoms with E-state index < -0.39 is 0 Å². The molecule has 0 spiro atoms.